The van der Waals surface area contributed by atoms with E-state index in [0.717, 1.165) is 4.47 Å². The number of rotatable bonds is 5. The minimum atomic E-state index is -0.322. The van der Waals surface area contributed by atoms with Crippen LogP contribution < -0.4 is 10.9 Å². The SMILES string of the molecule is CC(C)c1cc(=O)[nH]c(-n2nc(-c3ccco3)cc2NC(=O)c2ccc(Br)cc2)n1. The average Bonchev–Trinajstić information content (AvgIpc) is 3.38. The van der Waals surface area contributed by atoms with Crippen LogP contribution in [0.3, 0.4) is 0 Å². The van der Waals surface area contributed by atoms with E-state index in [4.69, 9.17) is 4.42 Å². The van der Waals surface area contributed by atoms with E-state index in [1.54, 1.807) is 42.5 Å². The first-order chi connectivity index (χ1) is 14.4. The molecule has 2 N–H and O–H groups in total. The number of H-pyrrole nitrogens is 1. The van der Waals surface area contributed by atoms with Crippen LogP contribution >= 0.6 is 15.9 Å². The van der Waals surface area contributed by atoms with Crippen molar-refractivity contribution in [3.63, 3.8) is 0 Å². The Kier molecular flexibility index (Phi) is 5.37. The second-order valence-corrected chi connectivity index (χ2v) is 7.83. The lowest BCUT2D eigenvalue weighted by Gasteiger charge is -2.10. The molecule has 3 aromatic heterocycles. The van der Waals surface area contributed by atoms with Gasteiger partial charge in [-0.1, -0.05) is 29.8 Å². The number of amides is 1. The van der Waals surface area contributed by atoms with Gasteiger partial charge in [-0.15, -0.1) is 0 Å². The molecule has 0 unspecified atom stereocenters. The molecule has 0 saturated heterocycles. The number of aromatic nitrogens is 4. The van der Waals surface area contributed by atoms with E-state index in [1.165, 1.54) is 17.0 Å². The predicted molar refractivity (Wildman–Crippen MR) is 116 cm³/mol. The van der Waals surface area contributed by atoms with Crippen molar-refractivity contribution < 1.29 is 9.21 Å². The molecule has 30 heavy (non-hydrogen) atoms. The van der Waals surface area contributed by atoms with Gasteiger partial charge in [-0.05, 0) is 42.3 Å². The quantitative estimate of drug-likeness (QED) is 0.453. The summed E-state index contributed by atoms with van der Waals surface area (Å²) in [6.45, 7) is 3.89. The normalized spacial score (nSPS) is 11.1. The fourth-order valence-electron chi connectivity index (χ4n) is 2.83. The van der Waals surface area contributed by atoms with Gasteiger partial charge in [-0.2, -0.15) is 9.78 Å². The first kappa shape index (κ1) is 19.8. The molecule has 0 aliphatic heterocycles. The molecule has 0 saturated carbocycles. The van der Waals surface area contributed by atoms with Crippen molar-refractivity contribution in [2.45, 2.75) is 19.8 Å². The molecule has 1 aromatic carbocycles. The van der Waals surface area contributed by atoms with Gasteiger partial charge in [0, 0.05) is 22.2 Å². The highest BCUT2D eigenvalue weighted by atomic mass is 79.9. The van der Waals surface area contributed by atoms with Gasteiger partial charge < -0.3 is 9.73 Å². The van der Waals surface area contributed by atoms with Crippen molar-refractivity contribution in [1.29, 1.82) is 0 Å². The molecule has 0 spiro atoms. The predicted octanol–water partition coefficient (Wildman–Crippen LogP) is 4.35. The summed E-state index contributed by atoms with van der Waals surface area (Å²) in [5.74, 6) is 0.799. The van der Waals surface area contributed by atoms with E-state index >= 15 is 0 Å². The number of nitrogens with zero attached hydrogens (tertiary/aromatic N) is 3. The van der Waals surface area contributed by atoms with E-state index in [9.17, 15) is 9.59 Å². The number of carbonyl (C=O) groups is 1. The van der Waals surface area contributed by atoms with Crippen molar-refractivity contribution >= 4 is 27.7 Å². The Morgan fingerprint density at radius 2 is 1.97 bits per heavy atom. The summed E-state index contributed by atoms with van der Waals surface area (Å²) in [6, 6.07) is 13.6. The van der Waals surface area contributed by atoms with E-state index in [-0.39, 0.29) is 23.3 Å². The average molecular weight is 468 g/mol. The van der Waals surface area contributed by atoms with Crippen LogP contribution in [0.2, 0.25) is 0 Å². The fraction of sp³-hybridized carbons (Fsp3) is 0.143. The molecule has 0 aliphatic carbocycles. The molecule has 1 amide bonds. The van der Waals surface area contributed by atoms with Crippen molar-refractivity contribution in [3.05, 3.63) is 80.9 Å². The third-order valence-corrected chi connectivity index (χ3v) is 4.90. The van der Waals surface area contributed by atoms with E-state index < -0.39 is 0 Å². The van der Waals surface area contributed by atoms with Crippen molar-refractivity contribution in [3.8, 4) is 17.4 Å². The Morgan fingerprint density at radius 3 is 2.63 bits per heavy atom. The summed E-state index contributed by atoms with van der Waals surface area (Å²) in [6.07, 6.45) is 1.54. The van der Waals surface area contributed by atoms with Crippen LogP contribution in [0.25, 0.3) is 17.4 Å². The molecule has 152 valence electrons. The summed E-state index contributed by atoms with van der Waals surface area (Å²) in [5.41, 5.74) is 1.28. The molecule has 0 aliphatic rings. The number of aromatic amines is 1. The van der Waals surface area contributed by atoms with Crippen molar-refractivity contribution in [2.24, 2.45) is 0 Å². The molecule has 9 heteroatoms. The van der Waals surface area contributed by atoms with Crippen LogP contribution in [0.15, 0.2) is 68.5 Å². The van der Waals surface area contributed by atoms with Crippen LogP contribution in [0.4, 0.5) is 5.82 Å². The largest absolute Gasteiger partial charge is 0.463 e. The number of halogens is 1. The minimum Gasteiger partial charge on any atom is -0.463 e. The molecular formula is C21H18BrN5O3. The van der Waals surface area contributed by atoms with Gasteiger partial charge in [0.25, 0.3) is 11.5 Å². The highest BCUT2D eigenvalue weighted by Gasteiger charge is 2.18. The number of furan rings is 1. The van der Waals surface area contributed by atoms with Gasteiger partial charge in [0.1, 0.15) is 11.5 Å². The number of carbonyl (C=O) groups excluding carboxylic acids is 1. The molecular weight excluding hydrogens is 450 g/mol. The number of nitrogens with one attached hydrogen (secondary N) is 2. The van der Waals surface area contributed by atoms with Crippen LogP contribution in [0.5, 0.6) is 0 Å². The third kappa shape index (κ3) is 4.11. The van der Waals surface area contributed by atoms with E-state index in [1.807, 2.05) is 13.8 Å². The maximum atomic E-state index is 12.8. The lowest BCUT2D eigenvalue weighted by atomic mass is 10.1. The molecule has 4 rings (SSSR count). The van der Waals surface area contributed by atoms with Gasteiger partial charge in [-0.25, -0.2) is 4.98 Å². The Labute approximate surface area is 180 Å². The van der Waals surface area contributed by atoms with Crippen LogP contribution in [0, 0.1) is 0 Å². The Bertz CT molecular complexity index is 1240. The maximum Gasteiger partial charge on any atom is 0.256 e. The monoisotopic (exact) mass is 467 g/mol. The van der Waals surface area contributed by atoms with Gasteiger partial charge in [0.2, 0.25) is 5.95 Å². The van der Waals surface area contributed by atoms with Gasteiger partial charge in [0.05, 0.1) is 12.0 Å². The van der Waals surface area contributed by atoms with E-state index in [2.05, 4.69) is 36.3 Å². The summed E-state index contributed by atoms with van der Waals surface area (Å²) >= 11 is 3.36. The van der Waals surface area contributed by atoms with Gasteiger partial charge in [0.15, 0.2) is 5.76 Å². The molecule has 0 fully saturated rings. The molecule has 0 atom stereocenters. The van der Waals surface area contributed by atoms with Crippen molar-refractivity contribution in [1.82, 2.24) is 19.7 Å². The topological polar surface area (TPSA) is 106 Å². The highest BCUT2D eigenvalue weighted by molar-refractivity contribution is 9.10. The zero-order chi connectivity index (χ0) is 21.3. The molecule has 0 bridgehead atoms. The Morgan fingerprint density at radius 1 is 1.20 bits per heavy atom. The van der Waals surface area contributed by atoms with Crippen molar-refractivity contribution in [2.75, 3.05) is 5.32 Å². The molecule has 8 nitrogen and oxygen atoms in total. The summed E-state index contributed by atoms with van der Waals surface area (Å²) in [4.78, 5) is 32.1. The number of anilines is 1. The number of hydrogen-bond acceptors (Lipinski definition) is 5. The fourth-order valence-corrected chi connectivity index (χ4v) is 3.09. The molecule has 3 heterocycles. The van der Waals surface area contributed by atoms with Gasteiger partial charge in [-0.3, -0.25) is 14.6 Å². The smallest absolute Gasteiger partial charge is 0.256 e. The Hall–Kier alpha value is -3.46. The minimum absolute atomic E-state index is 0.0481. The van der Waals surface area contributed by atoms with Gasteiger partial charge >= 0.3 is 0 Å². The lowest BCUT2D eigenvalue weighted by Crippen LogP contribution is -2.19. The maximum absolute atomic E-state index is 12.8. The van der Waals surface area contributed by atoms with E-state index in [0.29, 0.717) is 28.5 Å². The standard InChI is InChI=1S/C21H18BrN5O3/c1-12(2)15-11-19(28)25-21(23-15)27-18(10-16(26-27)17-4-3-9-30-17)24-20(29)13-5-7-14(22)8-6-13/h3-12H,1-2H3,(H,24,29)(H,23,25,28). The zero-order valence-electron chi connectivity index (χ0n) is 16.2. The first-order valence-electron chi connectivity index (χ1n) is 9.23. The Balaban J connectivity index is 1.78. The number of benzene rings is 1. The second kappa shape index (κ2) is 8.11. The zero-order valence-corrected chi connectivity index (χ0v) is 17.8. The van der Waals surface area contributed by atoms with Crippen LogP contribution in [-0.4, -0.2) is 25.7 Å². The third-order valence-electron chi connectivity index (χ3n) is 4.37. The summed E-state index contributed by atoms with van der Waals surface area (Å²) in [7, 11) is 0. The lowest BCUT2D eigenvalue weighted by molar-refractivity contribution is 0.102. The second-order valence-electron chi connectivity index (χ2n) is 6.91. The summed E-state index contributed by atoms with van der Waals surface area (Å²) in [5, 5.41) is 7.33. The highest BCUT2D eigenvalue weighted by Crippen LogP contribution is 2.25. The van der Waals surface area contributed by atoms with Crippen LogP contribution in [-0.2, 0) is 0 Å². The molecule has 4 aromatic rings. The number of hydrogen-bond donors (Lipinski definition) is 2. The first-order valence-corrected chi connectivity index (χ1v) is 10.0. The summed E-state index contributed by atoms with van der Waals surface area (Å²) < 4.78 is 7.69. The van der Waals surface area contributed by atoms with Crippen LogP contribution in [0.1, 0.15) is 35.8 Å². The molecule has 0 radical (unpaired) electrons.